The van der Waals surface area contributed by atoms with Crippen molar-refractivity contribution in [2.75, 3.05) is 11.9 Å². The second-order valence-corrected chi connectivity index (χ2v) is 7.26. The van der Waals surface area contributed by atoms with Gasteiger partial charge in [0, 0.05) is 12.6 Å². The molecule has 1 aromatic heterocycles. The highest BCUT2D eigenvalue weighted by Gasteiger charge is 2.21. The van der Waals surface area contributed by atoms with E-state index < -0.39 is 6.10 Å². The maximum Gasteiger partial charge on any atom is 0.240 e. The molecule has 3 N–H and O–H groups in total. The number of anilines is 1. The van der Waals surface area contributed by atoms with E-state index in [1.807, 2.05) is 28.8 Å². The summed E-state index contributed by atoms with van der Waals surface area (Å²) in [5, 5.41) is 15.8. The van der Waals surface area contributed by atoms with E-state index in [-0.39, 0.29) is 18.5 Å². The maximum absolute atomic E-state index is 12.6. The molecule has 2 aromatic rings. The molecule has 3 rings (SSSR count). The Hall–Kier alpha value is -2.08. The number of carbonyl (C=O) groups excluding carboxylic acids is 1. The third-order valence-corrected chi connectivity index (χ3v) is 4.89. The summed E-state index contributed by atoms with van der Waals surface area (Å²) in [5.74, 6) is 1.40. The van der Waals surface area contributed by atoms with Crippen LogP contribution < -0.4 is 10.6 Å². The summed E-state index contributed by atoms with van der Waals surface area (Å²) < 4.78 is 1.89. The second-order valence-electron chi connectivity index (χ2n) is 7.26. The van der Waals surface area contributed by atoms with Crippen molar-refractivity contribution in [2.45, 2.75) is 58.2 Å². The van der Waals surface area contributed by atoms with Crippen LogP contribution in [0.5, 0.6) is 0 Å². The first-order chi connectivity index (χ1) is 12.0. The van der Waals surface area contributed by atoms with Gasteiger partial charge >= 0.3 is 0 Å². The first-order valence-electron chi connectivity index (χ1n) is 9.19. The van der Waals surface area contributed by atoms with Gasteiger partial charge in [0.05, 0.1) is 17.1 Å². The van der Waals surface area contributed by atoms with Crippen LogP contribution in [0.2, 0.25) is 0 Å². The molecule has 25 heavy (non-hydrogen) atoms. The Balaban J connectivity index is 1.72. The minimum Gasteiger partial charge on any atom is -0.392 e. The Morgan fingerprint density at radius 3 is 2.76 bits per heavy atom. The number of nitrogens with one attached hydrogen (secondary N) is 2. The van der Waals surface area contributed by atoms with Gasteiger partial charge in [-0.05, 0) is 50.7 Å². The predicted molar refractivity (Wildman–Crippen MR) is 99.5 cm³/mol. The zero-order valence-electron chi connectivity index (χ0n) is 15.0. The summed E-state index contributed by atoms with van der Waals surface area (Å²) >= 11 is 0. The average Bonchev–Trinajstić information content (AvgIpc) is 2.93. The van der Waals surface area contributed by atoms with E-state index in [1.54, 1.807) is 6.92 Å². The number of para-hydroxylation sites is 2. The first-order valence-corrected chi connectivity index (χ1v) is 9.19. The molecule has 6 nitrogen and oxygen atoms in total. The second kappa shape index (κ2) is 7.87. The lowest BCUT2D eigenvalue weighted by atomic mass is 9.87. The number of hydrogen-bond acceptors (Lipinski definition) is 4. The fourth-order valence-electron chi connectivity index (χ4n) is 3.43. The summed E-state index contributed by atoms with van der Waals surface area (Å²) in [5.41, 5.74) is 1.76. The molecule has 0 spiro atoms. The van der Waals surface area contributed by atoms with Gasteiger partial charge in [0.1, 0.15) is 6.54 Å². The highest BCUT2D eigenvalue weighted by atomic mass is 16.3. The van der Waals surface area contributed by atoms with Crippen LogP contribution in [0.4, 0.5) is 5.95 Å². The molecule has 1 atom stereocenters. The van der Waals surface area contributed by atoms with Gasteiger partial charge in [-0.15, -0.1) is 0 Å². The molecule has 1 fully saturated rings. The van der Waals surface area contributed by atoms with Gasteiger partial charge in [-0.25, -0.2) is 4.98 Å². The predicted octanol–water partition coefficient (Wildman–Crippen LogP) is 2.52. The number of aromatic nitrogens is 2. The zero-order chi connectivity index (χ0) is 17.8. The normalized spacial score (nSPS) is 21.9. The molecule has 0 saturated heterocycles. The molecule has 1 aromatic carbocycles. The minimum absolute atomic E-state index is 0.0165. The fourth-order valence-corrected chi connectivity index (χ4v) is 3.43. The summed E-state index contributed by atoms with van der Waals surface area (Å²) in [7, 11) is 0. The van der Waals surface area contributed by atoms with Crippen LogP contribution in [0.15, 0.2) is 24.3 Å². The highest BCUT2D eigenvalue weighted by Crippen LogP contribution is 2.24. The zero-order valence-corrected chi connectivity index (χ0v) is 15.0. The quantitative estimate of drug-likeness (QED) is 0.752. The van der Waals surface area contributed by atoms with Gasteiger partial charge in [0.15, 0.2) is 0 Å². The number of rotatable bonds is 6. The Kier molecular flexibility index (Phi) is 5.58. The van der Waals surface area contributed by atoms with Crippen LogP contribution >= 0.6 is 0 Å². The number of carbonyl (C=O) groups is 1. The van der Waals surface area contributed by atoms with E-state index in [9.17, 15) is 9.90 Å². The number of benzene rings is 1. The molecule has 1 aliphatic rings. The number of hydrogen-bond donors (Lipinski definition) is 3. The summed E-state index contributed by atoms with van der Waals surface area (Å²) in [4.78, 5) is 17.1. The van der Waals surface area contributed by atoms with E-state index >= 15 is 0 Å². The van der Waals surface area contributed by atoms with Crippen molar-refractivity contribution in [3.8, 4) is 0 Å². The van der Waals surface area contributed by atoms with Crippen molar-refractivity contribution in [3.05, 3.63) is 24.3 Å². The molecule has 1 unspecified atom stereocenters. The van der Waals surface area contributed by atoms with Gasteiger partial charge in [-0.2, -0.15) is 0 Å². The van der Waals surface area contributed by atoms with Crippen molar-refractivity contribution >= 4 is 22.9 Å². The van der Waals surface area contributed by atoms with Crippen molar-refractivity contribution < 1.29 is 9.90 Å². The lowest BCUT2D eigenvalue weighted by molar-refractivity contribution is -0.122. The van der Waals surface area contributed by atoms with Crippen molar-refractivity contribution in [2.24, 2.45) is 5.92 Å². The molecule has 0 radical (unpaired) electrons. The lowest BCUT2D eigenvalue weighted by Gasteiger charge is -2.27. The molecule has 1 saturated carbocycles. The van der Waals surface area contributed by atoms with Crippen molar-refractivity contribution in [1.82, 2.24) is 14.9 Å². The van der Waals surface area contributed by atoms with E-state index in [0.29, 0.717) is 12.5 Å². The Morgan fingerprint density at radius 2 is 2.04 bits per heavy atom. The standard InChI is InChI=1S/C19H28N4O2/c1-13-7-9-15(10-8-13)21-18(25)12-23-17-6-4-3-5-16(17)22-19(23)20-11-14(2)24/h3-6,13-15,24H,7-12H2,1-2H3,(H,20,22)(H,21,25). The van der Waals surface area contributed by atoms with E-state index in [4.69, 9.17) is 0 Å². The lowest BCUT2D eigenvalue weighted by Crippen LogP contribution is -2.39. The Morgan fingerprint density at radius 1 is 1.32 bits per heavy atom. The highest BCUT2D eigenvalue weighted by molar-refractivity contribution is 5.83. The van der Waals surface area contributed by atoms with Crippen LogP contribution in [0.1, 0.15) is 39.5 Å². The molecule has 1 amide bonds. The number of amides is 1. The molecule has 1 aliphatic carbocycles. The van der Waals surface area contributed by atoms with Crippen LogP contribution in [-0.2, 0) is 11.3 Å². The molecule has 136 valence electrons. The first kappa shape index (κ1) is 17.7. The van der Waals surface area contributed by atoms with Crippen molar-refractivity contribution in [1.29, 1.82) is 0 Å². The number of nitrogens with zero attached hydrogens (tertiary/aromatic N) is 2. The summed E-state index contributed by atoms with van der Waals surface area (Å²) in [6, 6.07) is 8.05. The van der Waals surface area contributed by atoms with E-state index in [1.165, 1.54) is 12.8 Å². The largest absolute Gasteiger partial charge is 0.392 e. The SMILES string of the molecule is CC(O)CNc1nc2ccccc2n1CC(=O)NC1CCC(C)CC1. The number of imidazole rings is 1. The van der Waals surface area contributed by atoms with Gasteiger partial charge in [-0.1, -0.05) is 19.1 Å². The number of aliphatic hydroxyl groups is 1. The topological polar surface area (TPSA) is 79.2 Å². The molecule has 0 bridgehead atoms. The third-order valence-electron chi connectivity index (χ3n) is 4.89. The fraction of sp³-hybridized carbons (Fsp3) is 0.579. The van der Waals surface area contributed by atoms with Gasteiger partial charge in [-0.3, -0.25) is 4.79 Å². The number of aliphatic hydroxyl groups excluding tert-OH is 1. The number of fused-ring (bicyclic) bond motifs is 1. The van der Waals surface area contributed by atoms with Crippen LogP contribution in [0, 0.1) is 5.92 Å². The van der Waals surface area contributed by atoms with Gasteiger partial charge < -0.3 is 20.3 Å². The molecule has 0 aliphatic heterocycles. The third kappa shape index (κ3) is 4.51. The molecular weight excluding hydrogens is 316 g/mol. The molecule has 6 heteroatoms. The van der Waals surface area contributed by atoms with Crippen LogP contribution in [0.3, 0.4) is 0 Å². The van der Waals surface area contributed by atoms with Crippen molar-refractivity contribution in [3.63, 3.8) is 0 Å². The Bertz CT molecular complexity index is 717. The summed E-state index contributed by atoms with van der Waals surface area (Å²) in [6.45, 7) is 4.62. The maximum atomic E-state index is 12.6. The average molecular weight is 344 g/mol. The molecule has 1 heterocycles. The van der Waals surface area contributed by atoms with E-state index in [2.05, 4.69) is 22.5 Å². The van der Waals surface area contributed by atoms with Gasteiger partial charge in [0.25, 0.3) is 0 Å². The smallest absolute Gasteiger partial charge is 0.240 e. The molecular formula is C19H28N4O2. The monoisotopic (exact) mass is 344 g/mol. The Labute approximate surface area is 148 Å². The van der Waals surface area contributed by atoms with Crippen LogP contribution in [0.25, 0.3) is 11.0 Å². The van der Waals surface area contributed by atoms with Gasteiger partial charge in [0.2, 0.25) is 11.9 Å². The summed E-state index contributed by atoms with van der Waals surface area (Å²) in [6.07, 6.45) is 4.00. The van der Waals surface area contributed by atoms with E-state index in [0.717, 1.165) is 29.8 Å². The minimum atomic E-state index is -0.480. The van der Waals surface area contributed by atoms with Crippen LogP contribution in [-0.4, -0.2) is 39.3 Å².